The average Bonchev–Trinajstić information content (AvgIpc) is 2.92. The van der Waals surface area contributed by atoms with Crippen molar-refractivity contribution in [3.63, 3.8) is 0 Å². The van der Waals surface area contributed by atoms with Gasteiger partial charge in [0.15, 0.2) is 0 Å². The van der Waals surface area contributed by atoms with Crippen LogP contribution >= 0.6 is 0 Å². The number of hydrogen-bond donors (Lipinski definition) is 1. The van der Waals surface area contributed by atoms with Gasteiger partial charge in [0.25, 0.3) is 5.91 Å². The maximum atomic E-state index is 12.5. The van der Waals surface area contributed by atoms with Crippen molar-refractivity contribution in [3.05, 3.63) is 35.4 Å². The zero-order valence-corrected chi connectivity index (χ0v) is 14.5. The van der Waals surface area contributed by atoms with E-state index in [-0.39, 0.29) is 24.5 Å². The van der Waals surface area contributed by atoms with Crippen molar-refractivity contribution < 1.29 is 31.1 Å². The Morgan fingerprint density at radius 2 is 1.84 bits per heavy atom. The number of hydrogen-bond acceptors (Lipinski definition) is 4. The molecular formula is C15H19F3N2O4S. The Hall–Kier alpha value is -1.65. The van der Waals surface area contributed by atoms with E-state index in [1.807, 2.05) is 0 Å². The third kappa shape index (κ3) is 4.93. The van der Waals surface area contributed by atoms with Gasteiger partial charge in [0.1, 0.15) is 0 Å². The van der Waals surface area contributed by atoms with Crippen LogP contribution < -0.4 is 5.32 Å². The first-order valence-electron chi connectivity index (χ1n) is 7.47. The molecule has 0 aromatic heterocycles. The molecule has 1 aromatic carbocycles. The van der Waals surface area contributed by atoms with E-state index in [1.54, 1.807) is 0 Å². The van der Waals surface area contributed by atoms with Crippen LogP contribution in [0.5, 0.6) is 0 Å². The van der Waals surface area contributed by atoms with Crippen LogP contribution in [0.2, 0.25) is 0 Å². The summed E-state index contributed by atoms with van der Waals surface area (Å²) in [6.07, 6.45) is -4.47. The first-order chi connectivity index (χ1) is 11.5. The van der Waals surface area contributed by atoms with Gasteiger partial charge >= 0.3 is 6.18 Å². The summed E-state index contributed by atoms with van der Waals surface area (Å²) in [6, 6.07) is 3.30. The van der Waals surface area contributed by atoms with Crippen molar-refractivity contribution in [3.8, 4) is 0 Å². The van der Waals surface area contributed by atoms with Crippen LogP contribution in [-0.4, -0.2) is 57.7 Å². The van der Waals surface area contributed by atoms with E-state index in [4.69, 9.17) is 4.74 Å². The first-order valence-corrected chi connectivity index (χ1v) is 9.07. The quantitative estimate of drug-likeness (QED) is 0.837. The standard InChI is InChI=1S/C15H19F3N2O4S/c1-20(2)25(22,23)9-11-7-24-8-13(11)19-14(21)10-3-5-12(6-4-10)15(16,17)18/h3-6,11,13H,7-9H2,1-2H3,(H,19,21). The highest BCUT2D eigenvalue weighted by atomic mass is 32.2. The molecule has 0 aliphatic carbocycles. The third-order valence-corrected chi connectivity index (χ3v) is 5.93. The van der Waals surface area contributed by atoms with E-state index in [9.17, 15) is 26.4 Å². The zero-order chi connectivity index (χ0) is 18.8. The molecule has 6 nitrogen and oxygen atoms in total. The highest BCUT2D eigenvalue weighted by Gasteiger charge is 2.34. The molecule has 0 bridgehead atoms. The van der Waals surface area contributed by atoms with E-state index in [0.29, 0.717) is 0 Å². The van der Waals surface area contributed by atoms with E-state index in [0.717, 1.165) is 28.6 Å². The van der Waals surface area contributed by atoms with E-state index < -0.39 is 39.6 Å². The van der Waals surface area contributed by atoms with Gasteiger partial charge in [-0.1, -0.05) is 0 Å². The molecule has 1 aliphatic rings. The number of benzene rings is 1. The number of nitrogens with one attached hydrogen (secondary N) is 1. The minimum atomic E-state index is -4.47. The molecule has 1 aliphatic heterocycles. The van der Waals surface area contributed by atoms with Gasteiger partial charge in [0.05, 0.1) is 30.6 Å². The predicted molar refractivity (Wildman–Crippen MR) is 84.5 cm³/mol. The number of sulfonamides is 1. The molecule has 1 heterocycles. The largest absolute Gasteiger partial charge is 0.416 e. The molecule has 0 saturated carbocycles. The molecule has 1 fully saturated rings. The number of alkyl halides is 3. The van der Waals surface area contributed by atoms with Gasteiger partial charge in [-0.05, 0) is 24.3 Å². The summed E-state index contributed by atoms with van der Waals surface area (Å²) in [7, 11) is -0.625. The van der Waals surface area contributed by atoms with Crippen LogP contribution in [0.4, 0.5) is 13.2 Å². The van der Waals surface area contributed by atoms with Crippen LogP contribution in [0, 0.1) is 5.92 Å². The van der Waals surface area contributed by atoms with Crippen molar-refractivity contribution in [2.45, 2.75) is 12.2 Å². The van der Waals surface area contributed by atoms with E-state index in [2.05, 4.69) is 5.32 Å². The summed E-state index contributed by atoms with van der Waals surface area (Å²) in [4.78, 5) is 12.2. The molecule has 2 atom stereocenters. The number of nitrogens with zero attached hydrogens (tertiary/aromatic N) is 1. The predicted octanol–water partition coefficient (Wildman–Crippen LogP) is 1.34. The molecule has 10 heteroatoms. The molecule has 1 aromatic rings. The van der Waals surface area contributed by atoms with Gasteiger partial charge in [0, 0.05) is 25.6 Å². The fraction of sp³-hybridized carbons (Fsp3) is 0.533. The Kier molecular flexibility index (Phi) is 5.75. The van der Waals surface area contributed by atoms with Crippen molar-refractivity contribution in [2.75, 3.05) is 33.1 Å². The third-order valence-electron chi connectivity index (χ3n) is 3.97. The lowest BCUT2D eigenvalue weighted by Crippen LogP contribution is -2.43. The number of halogens is 3. The smallest absolute Gasteiger partial charge is 0.379 e. The highest BCUT2D eigenvalue weighted by molar-refractivity contribution is 7.89. The Bertz CT molecular complexity index is 717. The molecule has 1 N–H and O–H groups in total. The van der Waals surface area contributed by atoms with E-state index in [1.165, 1.54) is 14.1 Å². The lowest BCUT2D eigenvalue weighted by Gasteiger charge is -2.21. The normalized spacial score (nSPS) is 21.5. The van der Waals surface area contributed by atoms with Crippen LogP contribution in [0.3, 0.4) is 0 Å². The lowest BCUT2D eigenvalue weighted by atomic mass is 10.1. The summed E-state index contributed by atoms with van der Waals surface area (Å²) in [5.41, 5.74) is -0.780. The molecule has 25 heavy (non-hydrogen) atoms. The van der Waals surface area contributed by atoms with Crippen LogP contribution in [0.15, 0.2) is 24.3 Å². The minimum absolute atomic E-state index is 0.0640. The monoisotopic (exact) mass is 380 g/mol. The number of carbonyl (C=O) groups excluding carboxylic acids is 1. The Morgan fingerprint density at radius 3 is 2.36 bits per heavy atom. The van der Waals surface area contributed by atoms with Gasteiger partial charge < -0.3 is 10.1 Å². The van der Waals surface area contributed by atoms with Crippen LogP contribution in [0.25, 0.3) is 0 Å². The van der Waals surface area contributed by atoms with Gasteiger partial charge in [0.2, 0.25) is 10.0 Å². The minimum Gasteiger partial charge on any atom is -0.379 e. The molecular weight excluding hydrogens is 361 g/mol. The van der Waals surface area contributed by atoms with Crippen molar-refractivity contribution in [2.24, 2.45) is 5.92 Å². The highest BCUT2D eigenvalue weighted by Crippen LogP contribution is 2.29. The summed E-state index contributed by atoms with van der Waals surface area (Å²) in [5.74, 6) is -1.18. The van der Waals surface area contributed by atoms with Crippen LogP contribution in [-0.2, 0) is 20.9 Å². The Balaban J connectivity index is 2.04. The van der Waals surface area contributed by atoms with Gasteiger partial charge in [-0.3, -0.25) is 4.79 Å². The van der Waals surface area contributed by atoms with Crippen LogP contribution in [0.1, 0.15) is 15.9 Å². The summed E-state index contributed by atoms with van der Waals surface area (Å²) in [5, 5.41) is 2.64. The van der Waals surface area contributed by atoms with Crippen molar-refractivity contribution >= 4 is 15.9 Å². The SMILES string of the molecule is CN(C)S(=O)(=O)CC1COCC1NC(=O)c1ccc(C(F)(F)F)cc1. The maximum Gasteiger partial charge on any atom is 0.416 e. The number of ether oxygens (including phenoxy) is 1. The maximum absolute atomic E-state index is 12.5. The van der Waals surface area contributed by atoms with Crippen molar-refractivity contribution in [1.29, 1.82) is 0 Å². The molecule has 140 valence electrons. The van der Waals surface area contributed by atoms with Gasteiger partial charge in [-0.2, -0.15) is 13.2 Å². The fourth-order valence-electron chi connectivity index (χ4n) is 2.40. The molecule has 2 rings (SSSR count). The van der Waals surface area contributed by atoms with Gasteiger partial charge in [-0.15, -0.1) is 0 Å². The molecule has 2 unspecified atom stereocenters. The molecule has 0 spiro atoms. The second-order valence-electron chi connectivity index (χ2n) is 6.01. The van der Waals surface area contributed by atoms with E-state index >= 15 is 0 Å². The number of amides is 1. The average molecular weight is 380 g/mol. The second kappa shape index (κ2) is 7.30. The lowest BCUT2D eigenvalue weighted by molar-refractivity contribution is -0.137. The van der Waals surface area contributed by atoms with Crippen molar-refractivity contribution in [1.82, 2.24) is 9.62 Å². The fourth-order valence-corrected chi connectivity index (χ4v) is 3.57. The Labute approximate surface area is 144 Å². The molecule has 0 radical (unpaired) electrons. The number of carbonyl (C=O) groups is 1. The summed E-state index contributed by atoms with van der Waals surface area (Å²) >= 11 is 0. The second-order valence-corrected chi connectivity index (χ2v) is 8.24. The summed E-state index contributed by atoms with van der Waals surface area (Å²) in [6.45, 7) is 0.338. The summed E-state index contributed by atoms with van der Waals surface area (Å²) < 4.78 is 67.9. The first kappa shape index (κ1) is 19.7. The Morgan fingerprint density at radius 1 is 1.24 bits per heavy atom. The molecule has 1 saturated heterocycles. The topological polar surface area (TPSA) is 75.7 Å². The number of rotatable bonds is 5. The van der Waals surface area contributed by atoms with Gasteiger partial charge in [-0.25, -0.2) is 12.7 Å². The zero-order valence-electron chi connectivity index (χ0n) is 13.7. The molecule has 1 amide bonds.